The number of aliphatic hydroxyl groups is 1. The molecule has 0 fully saturated rings. The van der Waals surface area contributed by atoms with E-state index in [1.807, 2.05) is 0 Å². The van der Waals surface area contributed by atoms with Gasteiger partial charge in [0.15, 0.2) is 0 Å². The molecule has 0 heterocycles. The molecule has 5 heteroatoms. The van der Waals surface area contributed by atoms with Crippen LogP contribution in [0.2, 0.25) is 0 Å². The second kappa shape index (κ2) is 4.85. The Morgan fingerprint density at radius 1 is 1.60 bits per heavy atom. The Labute approximate surface area is 60.4 Å². The van der Waals surface area contributed by atoms with Crippen LogP contribution in [0, 0.1) is 0 Å². The average molecular weight is 168 g/mol. The van der Waals surface area contributed by atoms with Gasteiger partial charge in [0.25, 0.3) is 0 Å². The van der Waals surface area contributed by atoms with E-state index >= 15 is 0 Å². The second-order valence-corrected chi connectivity index (χ2v) is 3.84. The Morgan fingerprint density at radius 2 is 2.20 bits per heavy atom. The summed E-state index contributed by atoms with van der Waals surface area (Å²) in [4.78, 5) is 8.87. The summed E-state index contributed by atoms with van der Waals surface area (Å²) in [5.41, 5.74) is 0. The molecule has 0 spiro atoms. The van der Waals surface area contributed by atoms with Crippen LogP contribution in [0.15, 0.2) is 0 Å². The van der Waals surface area contributed by atoms with Gasteiger partial charge >= 0.3 is 7.60 Å². The molecular formula is C5H13O4P. The van der Waals surface area contributed by atoms with Gasteiger partial charge in [-0.15, -0.1) is 0 Å². The highest BCUT2D eigenvalue weighted by molar-refractivity contribution is 7.52. The van der Waals surface area contributed by atoms with Crippen LogP contribution < -0.4 is 0 Å². The smallest absolute Gasteiger partial charge is 0.328 e. The Balaban J connectivity index is 3.53. The zero-order valence-corrected chi connectivity index (χ0v) is 6.88. The Bertz CT molecular complexity index is 125. The molecule has 2 N–H and O–H groups in total. The first-order chi connectivity index (χ1) is 4.62. The van der Waals surface area contributed by atoms with E-state index in [0.717, 1.165) is 0 Å². The monoisotopic (exact) mass is 168 g/mol. The van der Waals surface area contributed by atoms with Crippen molar-refractivity contribution < 1.29 is 19.1 Å². The number of hydrogen-bond acceptors (Lipinski definition) is 3. The van der Waals surface area contributed by atoms with Gasteiger partial charge in [-0.2, -0.15) is 0 Å². The van der Waals surface area contributed by atoms with E-state index in [1.165, 1.54) is 0 Å². The zero-order valence-electron chi connectivity index (χ0n) is 5.99. The lowest BCUT2D eigenvalue weighted by molar-refractivity contribution is 0.260. The number of rotatable bonds is 5. The molecule has 0 aliphatic rings. The van der Waals surface area contributed by atoms with E-state index in [2.05, 4.69) is 4.52 Å². The first kappa shape index (κ1) is 10.1. The molecule has 0 aromatic carbocycles. The molecule has 10 heavy (non-hydrogen) atoms. The van der Waals surface area contributed by atoms with Crippen LogP contribution in [0.25, 0.3) is 0 Å². The van der Waals surface area contributed by atoms with Gasteiger partial charge in [-0.1, -0.05) is 0 Å². The third-order valence-corrected chi connectivity index (χ3v) is 2.47. The summed E-state index contributed by atoms with van der Waals surface area (Å²) < 4.78 is 15.3. The molecule has 0 aromatic heterocycles. The fraction of sp³-hybridized carbons (Fsp3) is 1.00. The van der Waals surface area contributed by atoms with Crippen molar-refractivity contribution in [3.05, 3.63) is 0 Å². The fourth-order valence-electron chi connectivity index (χ4n) is 0.537. The molecule has 62 valence electrons. The average Bonchev–Trinajstić information content (AvgIpc) is 1.84. The third-order valence-electron chi connectivity index (χ3n) is 0.930. The van der Waals surface area contributed by atoms with Gasteiger partial charge in [0.05, 0.1) is 12.8 Å². The molecule has 0 saturated carbocycles. The van der Waals surface area contributed by atoms with Gasteiger partial charge in [0.1, 0.15) is 0 Å². The van der Waals surface area contributed by atoms with E-state index < -0.39 is 7.60 Å². The highest BCUT2D eigenvalue weighted by atomic mass is 31.2. The van der Waals surface area contributed by atoms with E-state index in [0.29, 0.717) is 6.42 Å². The van der Waals surface area contributed by atoms with Gasteiger partial charge in [0.2, 0.25) is 0 Å². The fourth-order valence-corrected chi connectivity index (χ4v) is 1.61. The zero-order chi connectivity index (χ0) is 8.04. The van der Waals surface area contributed by atoms with Crippen LogP contribution in [0.4, 0.5) is 0 Å². The molecule has 4 nitrogen and oxygen atoms in total. The minimum Gasteiger partial charge on any atom is -0.396 e. The molecule has 1 atom stereocenters. The van der Waals surface area contributed by atoms with Crippen LogP contribution in [-0.2, 0) is 9.09 Å². The van der Waals surface area contributed by atoms with E-state index in [1.54, 1.807) is 6.92 Å². The summed E-state index contributed by atoms with van der Waals surface area (Å²) in [5, 5.41) is 8.31. The van der Waals surface area contributed by atoms with E-state index in [-0.39, 0.29) is 19.4 Å². The molecule has 0 aliphatic carbocycles. The van der Waals surface area contributed by atoms with Gasteiger partial charge in [-0.25, -0.2) is 0 Å². The predicted octanol–water partition coefficient (Wildman–Crippen LogP) is 0.591. The largest absolute Gasteiger partial charge is 0.396 e. The predicted molar refractivity (Wildman–Crippen MR) is 38.0 cm³/mol. The summed E-state index contributed by atoms with van der Waals surface area (Å²) in [6.45, 7) is 1.82. The highest BCUT2D eigenvalue weighted by Gasteiger charge is 2.16. The molecule has 0 aromatic rings. The lowest BCUT2D eigenvalue weighted by Crippen LogP contribution is -1.96. The van der Waals surface area contributed by atoms with Gasteiger partial charge < -0.3 is 14.5 Å². The van der Waals surface area contributed by atoms with Crippen LogP contribution in [0.3, 0.4) is 0 Å². The van der Waals surface area contributed by atoms with Gasteiger partial charge in [0, 0.05) is 6.61 Å². The van der Waals surface area contributed by atoms with Gasteiger partial charge in [-0.05, 0) is 13.3 Å². The van der Waals surface area contributed by atoms with Crippen molar-refractivity contribution in [3.8, 4) is 0 Å². The first-order valence-corrected chi connectivity index (χ1v) is 4.96. The van der Waals surface area contributed by atoms with Crippen molar-refractivity contribution in [3.63, 3.8) is 0 Å². The van der Waals surface area contributed by atoms with E-state index in [4.69, 9.17) is 10.00 Å². The van der Waals surface area contributed by atoms with Crippen molar-refractivity contribution in [2.24, 2.45) is 0 Å². The maximum Gasteiger partial charge on any atom is 0.328 e. The third kappa shape index (κ3) is 4.94. The van der Waals surface area contributed by atoms with Crippen molar-refractivity contribution in [1.82, 2.24) is 0 Å². The highest BCUT2D eigenvalue weighted by Crippen LogP contribution is 2.41. The molecule has 0 bridgehead atoms. The number of hydrogen-bond donors (Lipinski definition) is 2. The van der Waals surface area contributed by atoms with Crippen LogP contribution in [0.5, 0.6) is 0 Å². The quantitative estimate of drug-likeness (QED) is 0.589. The van der Waals surface area contributed by atoms with Crippen molar-refractivity contribution in [1.29, 1.82) is 0 Å². The summed E-state index contributed by atoms with van der Waals surface area (Å²) in [6.07, 6.45) is 0.352. The molecular weight excluding hydrogens is 155 g/mol. The SMILES string of the molecule is CCOP(=O)(O)CCCO. The molecule has 0 rings (SSSR count). The maximum atomic E-state index is 10.8. The molecule has 1 unspecified atom stereocenters. The summed E-state index contributed by atoms with van der Waals surface area (Å²) in [7, 11) is -3.37. The Hall–Kier alpha value is 0.110. The van der Waals surface area contributed by atoms with Crippen molar-refractivity contribution in [2.75, 3.05) is 19.4 Å². The topological polar surface area (TPSA) is 66.8 Å². The Kier molecular flexibility index (Phi) is 4.91. The second-order valence-electron chi connectivity index (χ2n) is 1.86. The Morgan fingerprint density at radius 3 is 2.60 bits per heavy atom. The maximum absolute atomic E-state index is 10.8. The molecule has 0 saturated heterocycles. The van der Waals surface area contributed by atoms with Gasteiger partial charge in [-0.3, -0.25) is 4.57 Å². The van der Waals surface area contributed by atoms with Crippen molar-refractivity contribution in [2.45, 2.75) is 13.3 Å². The van der Waals surface area contributed by atoms with Crippen molar-refractivity contribution >= 4 is 7.60 Å². The molecule has 0 radical (unpaired) electrons. The van der Waals surface area contributed by atoms with E-state index in [9.17, 15) is 4.57 Å². The van der Waals surface area contributed by atoms with Crippen LogP contribution in [-0.4, -0.2) is 29.4 Å². The normalized spacial score (nSPS) is 16.7. The lowest BCUT2D eigenvalue weighted by atomic mass is 10.5. The number of aliphatic hydroxyl groups excluding tert-OH is 1. The summed E-state index contributed by atoms with van der Waals surface area (Å²) >= 11 is 0. The standard InChI is InChI=1S/C5H13O4P/c1-2-9-10(7,8)5-3-4-6/h6H,2-5H2,1H3,(H,7,8). The molecule has 0 aliphatic heterocycles. The minimum absolute atomic E-state index is 0.0390. The van der Waals surface area contributed by atoms with Crippen LogP contribution in [0.1, 0.15) is 13.3 Å². The summed E-state index contributed by atoms with van der Waals surface area (Å²) in [6, 6.07) is 0. The minimum atomic E-state index is -3.37. The summed E-state index contributed by atoms with van der Waals surface area (Å²) in [5.74, 6) is 0. The van der Waals surface area contributed by atoms with Crippen LogP contribution >= 0.6 is 7.60 Å². The first-order valence-electron chi connectivity index (χ1n) is 3.19. The lowest BCUT2D eigenvalue weighted by Gasteiger charge is -2.08. The molecule has 0 amide bonds.